The lowest BCUT2D eigenvalue weighted by molar-refractivity contribution is -0.134. The molecule has 2 rings (SSSR count). The number of benzene rings is 2. The van der Waals surface area contributed by atoms with Gasteiger partial charge in [-0.2, -0.15) is 0 Å². The first-order valence-corrected chi connectivity index (χ1v) is 7.40. The van der Waals surface area contributed by atoms with Crippen LogP contribution in [0.2, 0.25) is 0 Å². The van der Waals surface area contributed by atoms with E-state index in [1.807, 2.05) is 18.2 Å². The van der Waals surface area contributed by atoms with Gasteiger partial charge >= 0.3 is 11.9 Å². The fraction of sp³-hybridized carbons (Fsp3) is 0.222. The fourth-order valence-corrected chi connectivity index (χ4v) is 2.05. The van der Waals surface area contributed by atoms with E-state index in [-0.39, 0.29) is 12.4 Å². The summed E-state index contributed by atoms with van der Waals surface area (Å²) in [7, 11) is 0. The third kappa shape index (κ3) is 5.14. The highest BCUT2D eigenvalue weighted by atomic mass is 16.5. The van der Waals surface area contributed by atoms with E-state index in [0.717, 1.165) is 5.56 Å². The molecule has 2 N–H and O–H groups in total. The van der Waals surface area contributed by atoms with Crippen molar-refractivity contribution in [3.63, 3.8) is 0 Å². The van der Waals surface area contributed by atoms with E-state index in [4.69, 9.17) is 15.2 Å². The highest BCUT2D eigenvalue weighted by Gasteiger charge is 2.09. The third-order valence-electron chi connectivity index (χ3n) is 3.17. The Kier molecular flexibility index (Phi) is 5.74. The van der Waals surface area contributed by atoms with Gasteiger partial charge < -0.3 is 15.2 Å². The molecule has 0 radical (unpaired) electrons. The van der Waals surface area contributed by atoms with Crippen LogP contribution in [0.3, 0.4) is 0 Å². The van der Waals surface area contributed by atoms with E-state index in [1.54, 1.807) is 37.3 Å². The lowest BCUT2D eigenvalue weighted by atomic mass is 10.1. The van der Waals surface area contributed by atoms with Gasteiger partial charge in [-0.15, -0.1) is 0 Å². The average Bonchev–Trinajstić information content (AvgIpc) is 2.54. The zero-order valence-corrected chi connectivity index (χ0v) is 13.0. The Morgan fingerprint density at radius 1 is 1.09 bits per heavy atom. The smallest absolute Gasteiger partial charge is 0.338 e. The summed E-state index contributed by atoms with van der Waals surface area (Å²) in [4.78, 5) is 23.4. The fourth-order valence-electron chi connectivity index (χ4n) is 2.05. The van der Waals surface area contributed by atoms with Crippen molar-refractivity contribution in [3.05, 3.63) is 59.7 Å². The van der Waals surface area contributed by atoms with Crippen molar-refractivity contribution < 1.29 is 19.1 Å². The van der Waals surface area contributed by atoms with Crippen molar-refractivity contribution in [1.82, 2.24) is 0 Å². The van der Waals surface area contributed by atoms with Crippen LogP contribution in [0, 0.1) is 0 Å². The molecule has 0 saturated carbocycles. The lowest BCUT2D eigenvalue weighted by Crippen LogP contribution is -2.09. The SMILES string of the molecule is CCOC(=O)c1ccc(OC(=O)CCc2cccc(N)c2)cc1. The quantitative estimate of drug-likeness (QED) is 0.504. The number of carbonyl (C=O) groups is 2. The molecular formula is C18H19NO4. The number of anilines is 1. The van der Waals surface area contributed by atoms with Crippen molar-refractivity contribution in [3.8, 4) is 5.75 Å². The molecule has 0 aliphatic heterocycles. The first-order chi connectivity index (χ1) is 11.1. The normalized spacial score (nSPS) is 10.1. The molecule has 0 bridgehead atoms. The predicted octanol–water partition coefficient (Wildman–Crippen LogP) is 2.98. The zero-order chi connectivity index (χ0) is 16.7. The second-order valence-corrected chi connectivity index (χ2v) is 4.96. The molecule has 0 unspecified atom stereocenters. The number of ether oxygens (including phenoxy) is 2. The van der Waals surface area contributed by atoms with Crippen LogP contribution in [-0.2, 0) is 16.0 Å². The molecule has 0 aromatic heterocycles. The van der Waals surface area contributed by atoms with Crippen LogP contribution in [0.1, 0.15) is 29.3 Å². The number of hydrogen-bond acceptors (Lipinski definition) is 5. The highest BCUT2D eigenvalue weighted by molar-refractivity contribution is 5.89. The van der Waals surface area contributed by atoms with Gasteiger partial charge in [0, 0.05) is 12.1 Å². The Morgan fingerprint density at radius 3 is 2.48 bits per heavy atom. The number of rotatable bonds is 6. The molecule has 23 heavy (non-hydrogen) atoms. The van der Waals surface area contributed by atoms with Crippen LogP contribution in [-0.4, -0.2) is 18.5 Å². The molecule has 0 aliphatic rings. The monoisotopic (exact) mass is 313 g/mol. The molecule has 0 fully saturated rings. The van der Waals surface area contributed by atoms with E-state index in [2.05, 4.69) is 0 Å². The van der Waals surface area contributed by atoms with Crippen LogP contribution >= 0.6 is 0 Å². The summed E-state index contributed by atoms with van der Waals surface area (Å²) in [6.45, 7) is 2.06. The summed E-state index contributed by atoms with van der Waals surface area (Å²) >= 11 is 0. The lowest BCUT2D eigenvalue weighted by Gasteiger charge is -2.06. The van der Waals surface area contributed by atoms with E-state index in [1.165, 1.54) is 0 Å². The van der Waals surface area contributed by atoms with Crippen LogP contribution in [0.5, 0.6) is 5.75 Å². The minimum atomic E-state index is -0.396. The molecule has 120 valence electrons. The van der Waals surface area contributed by atoms with Crippen molar-refractivity contribution in [1.29, 1.82) is 0 Å². The molecular weight excluding hydrogens is 294 g/mol. The molecule has 0 atom stereocenters. The van der Waals surface area contributed by atoms with Gasteiger partial charge in [0.1, 0.15) is 5.75 Å². The van der Waals surface area contributed by atoms with Gasteiger partial charge in [0.15, 0.2) is 0 Å². The zero-order valence-electron chi connectivity index (χ0n) is 13.0. The number of carbonyl (C=O) groups excluding carboxylic acids is 2. The standard InChI is InChI=1S/C18H19NO4/c1-2-22-18(21)14-7-9-16(10-8-14)23-17(20)11-6-13-4-3-5-15(19)12-13/h3-5,7-10,12H,2,6,11,19H2,1H3. The van der Waals surface area contributed by atoms with Crippen molar-refractivity contribution in [2.45, 2.75) is 19.8 Å². The highest BCUT2D eigenvalue weighted by Crippen LogP contribution is 2.15. The van der Waals surface area contributed by atoms with Gasteiger partial charge in [0.25, 0.3) is 0 Å². The van der Waals surface area contributed by atoms with Crippen LogP contribution in [0.25, 0.3) is 0 Å². The summed E-state index contributed by atoms with van der Waals surface area (Å²) in [6.07, 6.45) is 0.813. The molecule has 0 aliphatic carbocycles. The second-order valence-electron chi connectivity index (χ2n) is 4.96. The van der Waals surface area contributed by atoms with E-state index in [9.17, 15) is 9.59 Å². The number of nitrogen functional groups attached to an aromatic ring is 1. The van der Waals surface area contributed by atoms with Gasteiger partial charge in [-0.3, -0.25) is 4.79 Å². The minimum Gasteiger partial charge on any atom is -0.462 e. The Morgan fingerprint density at radius 2 is 1.83 bits per heavy atom. The molecule has 0 amide bonds. The summed E-state index contributed by atoms with van der Waals surface area (Å²) in [6, 6.07) is 13.7. The van der Waals surface area contributed by atoms with Gasteiger partial charge in [-0.25, -0.2) is 4.79 Å². The number of hydrogen-bond donors (Lipinski definition) is 1. The topological polar surface area (TPSA) is 78.6 Å². The van der Waals surface area contributed by atoms with Gasteiger partial charge in [0.05, 0.1) is 12.2 Å². The molecule has 2 aromatic rings. The summed E-state index contributed by atoms with van der Waals surface area (Å²) in [5.41, 5.74) is 7.77. The molecule has 5 heteroatoms. The first kappa shape index (κ1) is 16.5. The molecule has 2 aromatic carbocycles. The maximum atomic E-state index is 11.8. The molecule has 0 saturated heterocycles. The number of aryl methyl sites for hydroxylation is 1. The van der Waals surface area contributed by atoms with Crippen molar-refractivity contribution in [2.24, 2.45) is 0 Å². The minimum absolute atomic E-state index is 0.253. The van der Waals surface area contributed by atoms with Gasteiger partial charge in [0.2, 0.25) is 0 Å². The van der Waals surface area contributed by atoms with Crippen molar-refractivity contribution >= 4 is 17.6 Å². The Bertz CT molecular complexity index is 680. The summed E-state index contributed by atoms with van der Waals surface area (Å²) in [5.74, 6) is -0.334. The molecule has 5 nitrogen and oxygen atoms in total. The van der Waals surface area contributed by atoms with Crippen molar-refractivity contribution in [2.75, 3.05) is 12.3 Å². The van der Waals surface area contributed by atoms with Crippen LogP contribution in [0.4, 0.5) is 5.69 Å². The largest absolute Gasteiger partial charge is 0.462 e. The van der Waals surface area contributed by atoms with E-state index >= 15 is 0 Å². The number of esters is 2. The maximum Gasteiger partial charge on any atom is 0.338 e. The van der Waals surface area contributed by atoms with Crippen LogP contribution < -0.4 is 10.5 Å². The molecule has 0 spiro atoms. The predicted molar refractivity (Wildman–Crippen MR) is 87.2 cm³/mol. The van der Waals surface area contributed by atoms with Gasteiger partial charge in [-0.05, 0) is 55.3 Å². The third-order valence-corrected chi connectivity index (χ3v) is 3.17. The van der Waals surface area contributed by atoms with E-state index in [0.29, 0.717) is 30.0 Å². The van der Waals surface area contributed by atoms with Crippen LogP contribution in [0.15, 0.2) is 48.5 Å². The van der Waals surface area contributed by atoms with E-state index < -0.39 is 5.97 Å². The molecule has 0 heterocycles. The van der Waals surface area contributed by atoms with Gasteiger partial charge in [-0.1, -0.05) is 12.1 Å². The summed E-state index contributed by atoms with van der Waals surface area (Å²) in [5, 5.41) is 0. The second kappa shape index (κ2) is 7.98. The first-order valence-electron chi connectivity index (χ1n) is 7.40. The summed E-state index contributed by atoms with van der Waals surface area (Å²) < 4.78 is 10.1. The maximum absolute atomic E-state index is 11.8. The Labute approximate surface area is 135 Å². The average molecular weight is 313 g/mol. The number of nitrogens with two attached hydrogens (primary N) is 1. The Hall–Kier alpha value is -2.82. The Balaban J connectivity index is 1.86.